The van der Waals surface area contributed by atoms with E-state index in [-0.39, 0.29) is 0 Å². The predicted octanol–water partition coefficient (Wildman–Crippen LogP) is 1.50. The molecule has 0 saturated carbocycles. The van der Waals surface area contributed by atoms with Crippen LogP contribution in [0.3, 0.4) is 0 Å². The fourth-order valence-electron chi connectivity index (χ4n) is 1.05. The third kappa shape index (κ3) is 2.44. The van der Waals surface area contributed by atoms with Crippen LogP contribution in [0.4, 0.5) is 0 Å². The van der Waals surface area contributed by atoms with Gasteiger partial charge in [0.25, 0.3) is 0 Å². The zero-order chi connectivity index (χ0) is 9.84. The molecule has 0 amide bonds. The molecule has 4 heteroatoms. The summed E-state index contributed by atoms with van der Waals surface area (Å²) in [7, 11) is 0. The second-order valence-electron chi connectivity index (χ2n) is 2.63. The van der Waals surface area contributed by atoms with Crippen molar-refractivity contribution < 1.29 is 15.0 Å². The summed E-state index contributed by atoms with van der Waals surface area (Å²) < 4.78 is 0. The van der Waals surface area contributed by atoms with Crippen molar-refractivity contribution in [3.63, 3.8) is 0 Å². The van der Waals surface area contributed by atoms with Crippen molar-refractivity contribution in [2.24, 2.45) is 0 Å². The Morgan fingerprint density at radius 3 is 2.69 bits per heavy atom. The molecular weight excluding hydrogens is 192 g/mol. The van der Waals surface area contributed by atoms with E-state index in [2.05, 4.69) is 0 Å². The Balaban J connectivity index is 2.98. The molecule has 1 rings (SSSR count). The minimum absolute atomic E-state index is 0.421. The number of aliphatic hydroxyl groups is 1. The molecule has 0 aliphatic rings. The fraction of sp³-hybridized carbons (Fsp3) is 0.222. The number of carboxylic acids is 1. The molecular formula is C9H9ClO3. The van der Waals surface area contributed by atoms with Crippen LogP contribution < -0.4 is 0 Å². The molecule has 0 spiro atoms. The summed E-state index contributed by atoms with van der Waals surface area (Å²) in [5.41, 5.74) is 0.516. The highest BCUT2D eigenvalue weighted by Crippen LogP contribution is 2.19. The first-order chi connectivity index (χ1) is 6.15. The highest BCUT2D eigenvalue weighted by atomic mass is 35.5. The normalized spacial score (nSPS) is 12.5. The Kier molecular flexibility index (Phi) is 3.28. The number of rotatable bonds is 3. The summed E-state index contributed by atoms with van der Waals surface area (Å²) in [4.78, 5) is 10.6. The van der Waals surface area contributed by atoms with Gasteiger partial charge < -0.3 is 10.2 Å². The van der Waals surface area contributed by atoms with E-state index in [1.54, 1.807) is 18.2 Å². The monoisotopic (exact) mass is 200 g/mol. The number of hydrogen-bond acceptors (Lipinski definition) is 2. The van der Waals surface area contributed by atoms with Gasteiger partial charge in [0.15, 0.2) is 0 Å². The van der Waals surface area contributed by atoms with E-state index >= 15 is 0 Å². The van der Waals surface area contributed by atoms with Gasteiger partial charge in [-0.15, -0.1) is 0 Å². The molecule has 0 aliphatic heterocycles. The first-order valence-electron chi connectivity index (χ1n) is 3.74. The lowest BCUT2D eigenvalue weighted by molar-refractivity contribution is -0.139. The lowest BCUT2D eigenvalue weighted by Crippen LogP contribution is -2.15. The van der Waals surface area contributed by atoms with Crippen molar-refractivity contribution >= 4 is 17.6 Å². The zero-order valence-corrected chi connectivity index (χ0v) is 7.53. The third-order valence-electron chi connectivity index (χ3n) is 1.73. The van der Waals surface area contributed by atoms with E-state index in [4.69, 9.17) is 21.8 Å². The summed E-state index contributed by atoms with van der Waals surface area (Å²) >= 11 is 5.68. The van der Waals surface area contributed by atoms with E-state index in [1.165, 1.54) is 6.07 Å². The lowest BCUT2D eigenvalue weighted by atomic mass is 10.0. The molecule has 13 heavy (non-hydrogen) atoms. The number of carbonyl (C=O) groups is 1. The van der Waals surface area contributed by atoms with Gasteiger partial charge in [0.2, 0.25) is 0 Å². The topological polar surface area (TPSA) is 57.5 Å². The van der Waals surface area contributed by atoms with Crippen molar-refractivity contribution in [1.29, 1.82) is 0 Å². The van der Waals surface area contributed by atoms with Crippen LogP contribution >= 0.6 is 11.6 Å². The SMILES string of the molecule is O=C(O)C(CO)c1cccc(Cl)c1. The summed E-state index contributed by atoms with van der Waals surface area (Å²) in [6.07, 6.45) is 0. The Morgan fingerprint density at radius 1 is 1.54 bits per heavy atom. The maximum Gasteiger partial charge on any atom is 0.313 e. The molecule has 0 heterocycles. The molecule has 0 fully saturated rings. The van der Waals surface area contributed by atoms with E-state index in [1.807, 2.05) is 0 Å². The standard InChI is InChI=1S/C9H9ClO3/c10-7-3-1-2-6(4-7)8(5-11)9(12)13/h1-4,8,11H,5H2,(H,12,13). The summed E-state index contributed by atoms with van der Waals surface area (Å²) in [6.45, 7) is -0.421. The van der Waals surface area contributed by atoms with Crippen LogP contribution in [0.2, 0.25) is 5.02 Å². The fourth-order valence-corrected chi connectivity index (χ4v) is 1.25. The molecule has 2 N–H and O–H groups in total. The molecule has 0 radical (unpaired) electrons. The number of halogens is 1. The molecule has 3 nitrogen and oxygen atoms in total. The average Bonchev–Trinajstić information content (AvgIpc) is 2.04. The number of hydrogen-bond donors (Lipinski definition) is 2. The number of carboxylic acid groups (broad SMARTS) is 1. The molecule has 70 valence electrons. The minimum atomic E-state index is -1.05. The maximum atomic E-state index is 10.6. The first kappa shape index (κ1) is 10.0. The van der Waals surface area contributed by atoms with Gasteiger partial charge in [0.1, 0.15) is 5.92 Å². The lowest BCUT2D eigenvalue weighted by Gasteiger charge is -2.08. The van der Waals surface area contributed by atoms with Gasteiger partial charge in [-0.1, -0.05) is 23.7 Å². The molecule has 0 aliphatic carbocycles. The van der Waals surface area contributed by atoms with Crippen molar-refractivity contribution in [3.8, 4) is 0 Å². The zero-order valence-electron chi connectivity index (χ0n) is 6.77. The van der Waals surface area contributed by atoms with Crippen molar-refractivity contribution in [3.05, 3.63) is 34.9 Å². The Morgan fingerprint density at radius 2 is 2.23 bits per heavy atom. The van der Waals surface area contributed by atoms with Crippen LogP contribution in [0, 0.1) is 0 Å². The summed E-state index contributed by atoms with van der Waals surface area (Å²) in [6, 6.07) is 6.47. The van der Waals surface area contributed by atoms with Gasteiger partial charge in [-0.3, -0.25) is 4.79 Å². The molecule has 1 atom stereocenters. The van der Waals surface area contributed by atoms with E-state index in [0.29, 0.717) is 10.6 Å². The summed E-state index contributed by atoms with van der Waals surface area (Å²) in [5, 5.41) is 18.0. The van der Waals surface area contributed by atoms with Crippen LogP contribution in [0.1, 0.15) is 11.5 Å². The van der Waals surface area contributed by atoms with E-state index < -0.39 is 18.5 Å². The van der Waals surface area contributed by atoms with Crippen LogP contribution in [-0.4, -0.2) is 22.8 Å². The Hall–Kier alpha value is -1.06. The smallest absolute Gasteiger partial charge is 0.313 e. The van der Waals surface area contributed by atoms with Gasteiger partial charge in [0.05, 0.1) is 6.61 Å². The van der Waals surface area contributed by atoms with Crippen molar-refractivity contribution in [2.75, 3.05) is 6.61 Å². The van der Waals surface area contributed by atoms with Crippen molar-refractivity contribution in [2.45, 2.75) is 5.92 Å². The Labute approximate surface area is 80.6 Å². The highest BCUT2D eigenvalue weighted by Gasteiger charge is 2.18. The van der Waals surface area contributed by atoms with Gasteiger partial charge >= 0.3 is 5.97 Å². The van der Waals surface area contributed by atoms with Gasteiger partial charge in [-0.05, 0) is 17.7 Å². The van der Waals surface area contributed by atoms with E-state index in [0.717, 1.165) is 0 Å². The van der Waals surface area contributed by atoms with Crippen LogP contribution in [0.15, 0.2) is 24.3 Å². The van der Waals surface area contributed by atoms with E-state index in [9.17, 15) is 4.79 Å². The first-order valence-corrected chi connectivity index (χ1v) is 4.12. The van der Waals surface area contributed by atoms with Gasteiger partial charge in [-0.25, -0.2) is 0 Å². The largest absolute Gasteiger partial charge is 0.481 e. The molecule has 0 aromatic heterocycles. The minimum Gasteiger partial charge on any atom is -0.481 e. The number of aliphatic hydroxyl groups excluding tert-OH is 1. The number of aliphatic carboxylic acids is 1. The molecule has 0 saturated heterocycles. The van der Waals surface area contributed by atoms with Gasteiger partial charge in [0, 0.05) is 5.02 Å². The summed E-state index contributed by atoms with van der Waals surface area (Å²) in [5.74, 6) is -1.94. The maximum absolute atomic E-state index is 10.6. The van der Waals surface area contributed by atoms with Crippen LogP contribution in [0.5, 0.6) is 0 Å². The third-order valence-corrected chi connectivity index (χ3v) is 1.97. The quantitative estimate of drug-likeness (QED) is 0.778. The van der Waals surface area contributed by atoms with Crippen LogP contribution in [0.25, 0.3) is 0 Å². The second-order valence-corrected chi connectivity index (χ2v) is 3.06. The predicted molar refractivity (Wildman–Crippen MR) is 48.9 cm³/mol. The average molecular weight is 201 g/mol. The number of benzene rings is 1. The Bertz CT molecular complexity index is 311. The molecule has 1 aromatic rings. The van der Waals surface area contributed by atoms with Gasteiger partial charge in [-0.2, -0.15) is 0 Å². The molecule has 0 bridgehead atoms. The highest BCUT2D eigenvalue weighted by molar-refractivity contribution is 6.30. The van der Waals surface area contributed by atoms with Crippen LogP contribution in [-0.2, 0) is 4.79 Å². The van der Waals surface area contributed by atoms with Crippen molar-refractivity contribution in [1.82, 2.24) is 0 Å². The molecule has 1 aromatic carbocycles. The second kappa shape index (κ2) is 4.25. The molecule has 1 unspecified atom stereocenters.